The van der Waals surface area contributed by atoms with Crippen molar-refractivity contribution in [2.75, 3.05) is 24.8 Å². The molecule has 2 heterocycles. The van der Waals surface area contributed by atoms with Crippen molar-refractivity contribution in [2.24, 2.45) is 7.05 Å². The average Bonchev–Trinajstić information content (AvgIpc) is 3.17. The predicted octanol–water partition coefficient (Wildman–Crippen LogP) is 3.87. The smallest absolute Gasteiger partial charge is 0.209 e. The van der Waals surface area contributed by atoms with Crippen LogP contribution in [0.1, 0.15) is 0 Å². The highest BCUT2D eigenvalue weighted by atomic mass is 35.5. The summed E-state index contributed by atoms with van der Waals surface area (Å²) in [4.78, 5) is 8.54. The fourth-order valence-electron chi connectivity index (χ4n) is 2.78. The molecule has 0 atom stereocenters. The number of aromatic nitrogens is 6. The van der Waals surface area contributed by atoms with Crippen LogP contribution in [0.3, 0.4) is 0 Å². The maximum atomic E-state index is 14.2. The zero-order valence-electron chi connectivity index (χ0n) is 16.5. The lowest BCUT2D eigenvalue weighted by Gasteiger charge is -2.14. The fraction of sp³-hybridized carbons (Fsp3) is 0.211. The second kappa shape index (κ2) is 9.31. The highest BCUT2D eigenvalue weighted by molar-refractivity contribution is 7.99. The van der Waals surface area contributed by atoms with Gasteiger partial charge in [0.1, 0.15) is 18.0 Å². The number of hydrogen-bond donors (Lipinski definition) is 1. The highest BCUT2D eigenvalue weighted by Crippen LogP contribution is 2.35. The van der Waals surface area contributed by atoms with Gasteiger partial charge in [0, 0.05) is 29.3 Å². The number of methoxy groups -OCH3 is 1. The number of rotatable bonds is 8. The van der Waals surface area contributed by atoms with Crippen LogP contribution in [0.5, 0.6) is 11.5 Å². The van der Waals surface area contributed by atoms with Crippen molar-refractivity contribution in [2.45, 2.75) is 5.16 Å². The zero-order valence-corrected chi connectivity index (χ0v) is 18.1. The summed E-state index contributed by atoms with van der Waals surface area (Å²) in [5.41, 5.74) is 0.867. The fourth-order valence-corrected chi connectivity index (χ4v) is 3.61. The molecule has 9 nitrogen and oxygen atoms in total. The first kappa shape index (κ1) is 21.1. The number of nitrogens with one attached hydrogen (secondary N) is 1. The summed E-state index contributed by atoms with van der Waals surface area (Å²) in [6.07, 6.45) is 1.39. The number of benzene rings is 2. The summed E-state index contributed by atoms with van der Waals surface area (Å²) in [7, 11) is 3.32. The molecule has 0 aliphatic heterocycles. The Kier molecular flexibility index (Phi) is 6.33. The van der Waals surface area contributed by atoms with Gasteiger partial charge in [-0.05, 0) is 34.7 Å². The zero-order chi connectivity index (χ0) is 21.8. The van der Waals surface area contributed by atoms with Crippen LogP contribution in [-0.4, -0.2) is 49.6 Å². The number of thioether (sulfide) groups is 1. The van der Waals surface area contributed by atoms with Gasteiger partial charge in [0.2, 0.25) is 5.16 Å². The van der Waals surface area contributed by atoms with Crippen molar-refractivity contribution in [3.8, 4) is 11.5 Å². The first-order valence-corrected chi connectivity index (χ1v) is 10.4. The van der Waals surface area contributed by atoms with Crippen LogP contribution in [0.15, 0.2) is 41.8 Å². The summed E-state index contributed by atoms with van der Waals surface area (Å²) in [6, 6.07) is 7.88. The van der Waals surface area contributed by atoms with Gasteiger partial charge in [-0.1, -0.05) is 23.4 Å². The SMILES string of the molecule is COc1cc2c(Nc3ccc(Cl)cc3F)ncnc2cc1OCCSc1nnnn1C. The number of fused-ring (bicyclic) bond motifs is 1. The Balaban J connectivity index is 1.54. The lowest BCUT2D eigenvalue weighted by molar-refractivity contribution is 0.314. The highest BCUT2D eigenvalue weighted by Gasteiger charge is 2.13. The van der Waals surface area contributed by atoms with E-state index in [9.17, 15) is 4.39 Å². The van der Waals surface area contributed by atoms with E-state index in [0.717, 1.165) is 0 Å². The van der Waals surface area contributed by atoms with Crippen LogP contribution in [0, 0.1) is 5.82 Å². The van der Waals surface area contributed by atoms with E-state index in [1.165, 1.54) is 24.2 Å². The molecule has 0 bridgehead atoms. The van der Waals surface area contributed by atoms with Gasteiger partial charge in [-0.25, -0.2) is 19.0 Å². The van der Waals surface area contributed by atoms with Crippen molar-refractivity contribution < 1.29 is 13.9 Å². The predicted molar refractivity (Wildman–Crippen MR) is 116 cm³/mol. The molecule has 0 amide bonds. The van der Waals surface area contributed by atoms with Gasteiger partial charge in [-0.2, -0.15) is 0 Å². The van der Waals surface area contributed by atoms with Gasteiger partial charge in [-0.15, -0.1) is 5.10 Å². The Hall–Kier alpha value is -3.18. The number of nitrogens with zero attached hydrogens (tertiary/aromatic N) is 6. The van der Waals surface area contributed by atoms with E-state index in [1.54, 1.807) is 43.1 Å². The van der Waals surface area contributed by atoms with E-state index < -0.39 is 5.82 Å². The molecule has 12 heteroatoms. The van der Waals surface area contributed by atoms with E-state index in [4.69, 9.17) is 21.1 Å². The van der Waals surface area contributed by atoms with Crippen molar-refractivity contribution in [1.29, 1.82) is 0 Å². The molecule has 0 spiro atoms. The monoisotopic (exact) mass is 461 g/mol. The lowest BCUT2D eigenvalue weighted by Crippen LogP contribution is -2.04. The first-order chi connectivity index (χ1) is 15.0. The lowest BCUT2D eigenvalue weighted by atomic mass is 10.2. The minimum Gasteiger partial charge on any atom is -0.493 e. The minimum absolute atomic E-state index is 0.249. The molecule has 0 radical (unpaired) electrons. The standard InChI is InChI=1S/C19H17ClFN7O2S/c1-28-19(25-26-27-28)31-6-5-30-17-9-15-12(8-16(17)29-2)18(23-10-22-15)24-14-4-3-11(20)7-13(14)21/h3-4,7-10H,5-6H2,1-2H3,(H,22,23,24). The largest absolute Gasteiger partial charge is 0.493 e. The van der Waals surface area contributed by atoms with Crippen molar-refractivity contribution in [1.82, 2.24) is 30.2 Å². The maximum absolute atomic E-state index is 14.2. The van der Waals surface area contributed by atoms with E-state index in [0.29, 0.717) is 50.8 Å². The number of anilines is 2. The van der Waals surface area contributed by atoms with Crippen LogP contribution in [0.25, 0.3) is 10.9 Å². The number of aryl methyl sites for hydroxylation is 1. The summed E-state index contributed by atoms with van der Waals surface area (Å²) >= 11 is 7.30. The minimum atomic E-state index is -0.484. The second-order valence-electron chi connectivity index (χ2n) is 6.27. The van der Waals surface area contributed by atoms with E-state index in [2.05, 4.69) is 30.8 Å². The van der Waals surface area contributed by atoms with Crippen LogP contribution in [0.2, 0.25) is 5.02 Å². The number of tetrazole rings is 1. The molecule has 4 aromatic rings. The number of ether oxygens (including phenoxy) is 2. The van der Waals surface area contributed by atoms with Gasteiger partial charge in [0.05, 0.1) is 24.9 Å². The Morgan fingerprint density at radius 2 is 2.06 bits per heavy atom. The molecular formula is C19H17ClFN7O2S. The van der Waals surface area contributed by atoms with Crippen molar-refractivity contribution in [3.05, 3.63) is 47.5 Å². The normalized spacial score (nSPS) is 11.0. The molecule has 0 unspecified atom stereocenters. The van der Waals surface area contributed by atoms with Crippen molar-refractivity contribution >= 4 is 45.8 Å². The summed E-state index contributed by atoms with van der Waals surface area (Å²) in [6.45, 7) is 0.408. The van der Waals surface area contributed by atoms with E-state index in [1.807, 2.05) is 0 Å². The van der Waals surface area contributed by atoms with Crippen LogP contribution in [-0.2, 0) is 7.05 Å². The van der Waals surface area contributed by atoms with Crippen LogP contribution in [0.4, 0.5) is 15.9 Å². The summed E-state index contributed by atoms with van der Waals surface area (Å²) in [5, 5.41) is 16.0. The average molecular weight is 462 g/mol. The van der Waals surface area contributed by atoms with Crippen molar-refractivity contribution in [3.63, 3.8) is 0 Å². The summed E-state index contributed by atoms with van der Waals surface area (Å²) < 4.78 is 27.2. The molecule has 0 saturated heterocycles. The van der Waals surface area contributed by atoms with Crippen LogP contribution < -0.4 is 14.8 Å². The third-order valence-electron chi connectivity index (χ3n) is 4.26. The summed E-state index contributed by atoms with van der Waals surface area (Å²) in [5.74, 6) is 1.63. The topological polar surface area (TPSA) is 99.9 Å². The van der Waals surface area contributed by atoms with E-state index >= 15 is 0 Å². The first-order valence-electron chi connectivity index (χ1n) is 9.08. The van der Waals surface area contributed by atoms with Gasteiger partial charge in [0.15, 0.2) is 11.5 Å². The molecule has 0 aliphatic rings. The van der Waals surface area contributed by atoms with Gasteiger partial charge < -0.3 is 14.8 Å². The molecule has 0 fully saturated rings. The molecular weight excluding hydrogens is 445 g/mol. The second-order valence-corrected chi connectivity index (χ2v) is 7.77. The maximum Gasteiger partial charge on any atom is 0.209 e. The third-order valence-corrected chi connectivity index (χ3v) is 5.47. The molecule has 0 aliphatic carbocycles. The molecule has 31 heavy (non-hydrogen) atoms. The Morgan fingerprint density at radius 1 is 1.19 bits per heavy atom. The number of hydrogen-bond acceptors (Lipinski definition) is 9. The quantitative estimate of drug-likeness (QED) is 0.309. The molecule has 160 valence electrons. The van der Waals surface area contributed by atoms with Gasteiger partial charge >= 0.3 is 0 Å². The van der Waals surface area contributed by atoms with Gasteiger partial charge in [0.25, 0.3) is 0 Å². The Morgan fingerprint density at radius 3 is 2.81 bits per heavy atom. The number of halogens is 2. The molecule has 1 N–H and O–H groups in total. The molecule has 4 rings (SSSR count). The third kappa shape index (κ3) is 4.78. The van der Waals surface area contributed by atoms with E-state index in [-0.39, 0.29) is 5.69 Å². The molecule has 2 aromatic heterocycles. The van der Waals surface area contributed by atoms with Crippen LogP contribution >= 0.6 is 23.4 Å². The Labute approximate surface area is 185 Å². The Bertz CT molecular complexity index is 1220. The van der Waals surface area contributed by atoms with Gasteiger partial charge in [-0.3, -0.25) is 0 Å². The molecule has 0 saturated carbocycles. The molecule has 2 aromatic carbocycles.